The molecule has 2 heterocycles. The Kier molecular flexibility index (Phi) is 8.89. The highest BCUT2D eigenvalue weighted by atomic mass is 16.5. The molecule has 1 N–H and O–H groups in total. The van der Waals surface area contributed by atoms with Crippen LogP contribution < -0.4 is 5.32 Å². The minimum Gasteiger partial charge on any atom is -0.381 e. The standard InChI is InChI=1S/C19H38N4O/c1-4-10-23-12-6-18(7-13-23)16-21-19(20-2)22(3)11-5-17-8-14-24-15-9-17/h17-18H,4-16H2,1-3H3,(H,20,21). The van der Waals surface area contributed by atoms with Crippen molar-refractivity contribution in [3.8, 4) is 0 Å². The Labute approximate surface area is 148 Å². The molecule has 0 spiro atoms. The number of piperidine rings is 1. The second kappa shape index (κ2) is 10.9. The molecule has 2 rings (SSSR count). The predicted octanol–water partition coefficient (Wildman–Crippen LogP) is 2.43. The fourth-order valence-electron chi connectivity index (χ4n) is 3.87. The van der Waals surface area contributed by atoms with Crippen molar-refractivity contribution in [1.82, 2.24) is 15.1 Å². The Hall–Kier alpha value is -0.810. The van der Waals surface area contributed by atoms with Crippen molar-refractivity contribution in [1.29, 1.82) is 0 Å². The van der Waals surface area contributed by atoms with Gasteiger partial charge in [-0.15, -0.1) is 0 Å². The number of nitrogens with one attached hydrogen (secondary N) is 1. The van der Waals surface area contributed by atoms with Crippen LogP contribution in [0.15, 0.2) is 4.99 Å². The summed E-state index contributed by atoms with van der Waals surface area (Å²) in [6, 6.07) is 0. The summed E-state index contributed by atoms with van der Waals surface area (Å²) in [6.07, 6.45) is 7.58. The molecule has 0 aromatic heterocycles. The van der Waals surface area contributed by atoms with E-state index in [4.69, 9.17) is 4.74 Å². The zero-order chi connectivity index (χ0) is 17.2. The first-order chi connectivity index (χ1) is 11.7. The quantitative estimate of drug-likeness (QED) is 0.572. The van der Waals surface area contributed by atoms with E-state index in [0.717, 1.165) is 44.1 Å². The second-order valence-electron chi connectivity index (χ2n) is 7.48. The molecule has 24 heavy (non-hydrogen) atoms. The summed E-state index contributed by atoms with van der Waals surface area (Å²) in [4.78, 5) is 9.37. The van der Waals surface area contributed by atoms with Gasteiger partial charge >= 0.3 is 0 Å². The first-order valence-corrected chi connectivity index (χ1v) is 9.94. The monoisotopic (exact) mass is 338 g/mol. The largest absolute Gasteiger partial charge is 0.381 e. The molecule has 2 fully saturated rings. The summed E-state index contributed by atoms with van der Waals surface area (Å²) in [5, 5.41) is 3.61. The van der Waals surface area contributed by atoms with E-state index >= 15 is 0 Å². The van der Waals surface area contributed by atoms with Gasteiger partial charge in [0.15, 0.2) is 5.96 Å². The Morgan fingerprint density at radius 3 is 2.50 bits per heavy atom. The van der Waals surface area contributed by atoms with E-state index in [1.165, 1.54) is 58.2 Å². The summed E-state index contributed by atoms with van der Waals surface area (Å²) < 4.78 is 5.45. The van der Waals surface area contributed by atoms with E-state index < -0.39 is 0 Å². The van der Waals surface area contributed by atoms with Gasteiger partial charge in [-0.3, -0.25) is 4.99 Å². The van der Waals surface area contributed by atoms with Crippen molar-refractivity contribution >= 4 is 5.96 Å². The number of rotatable bonds is 7. The number of hydrogen-bond acceptors (Lipinski definition) is 3. The average Bonchev–Trinajstić information content (AvgIpc) is 2.63. The maximum absolute atomic E-state index is 5.45. The lowest BCUT2D eigenvalue weighted by molar-refractivity contribution is 0.0625. The predicted molar refractivity (Wildman–Crippen MR) is 102 cm³/mol. The summed E-state index contributed by atoms with van der Waals surface area (Å²) in [5.74, 6) is 2.67. The van der Waals surface area contributed by atoms with Gasteiger partial charge in [0.05, 0.1) is 0 Å². The van der Waals surface area contributed by atoms with E-state index in [2.05, 4.69) is 34.1 Å². The zero-order valence-corrected chi connectivity index (χ0v) is 16.1. The van der Waals surface area contributed by atoms with Crippen LogP contribution in [-0.4, -0.2) is 75.8 Å². The SMILES string of the molecule is CCCN1CCC(CNC(=NC)N(C)CCC2CCOCC2)CC1. The molecule has 0 amide bonds. The van der Waals surface area contributed by atoms with Crippen LogP contribution in [0.5, 0.6) is 0 Å². The van der Waals surface area contributed by atoms with Crippen LogP contribution in [0.4, 0.5) is 0 Å². The molecular formula is C19H38N4O. The lowest BCUT2D eigenvalue weighted by Crippen LogP contribution is -2.44. The molecule has 0 radical (unpaired) electrons. The van der Waals surface area contributed by atoms with Crippen LogP contribution in [0.2, 0.25) is 0 Å². The van der Waals surface area contributed by atoms with Crippen LogP contribution in [-0.2, 0) is 4.74 Å². The number of guanidine groups is 1. The van der Waals surface area contributed by atoms with Crippen LogP contribution in [0.3, 0.4) is 0 Å². The molecule has 2 saturated heterocycles. The molecule has 0 saturated carbocycles. The third-order valence-electron chi connectivity index (χ3n) is 5.58. The fourth-order valence-corrected chi connectivity index (χ4v) is 3.87. The maximum atomic E-state index is 5.45. The van der Waals surface area contributed by atoms with Gasteiger partial charge < -0.3 is 19.9 Å². The Balaban J connectivity index is 1.64. The lowest BCUT2D eigenvalue weighted by Gasteiger charge is -2.33. The molecule has 2 aliphatic rings. The number of nitrogens with zero attached hydrogens (tertiary/aromatic N) is 3. The van der Waals surface area contributed by atoms with Crippen molar-refractivity contribution in [3.63, 3.8) is 0 Å². The molecule has 2 aliphatic heterocycles. The van der Waals surface area contributed by atoms with Crippen molar-refractivity contribution < 1.29 is 4.74 Å². The fraction of sp³-hybridized carbons (Fsp3) is 0.947. The molecule has 0 aromatic carbocycles. The third kappa shape index (κ3) is 6.60. The summed E-state index contributed by atoms with van der Waals surface area (Å²) >= 11 is 0. The number of ether oxygens (including phenoxy) is 1. The van der Waals surface area contributed by atoms with Gasteiger partial charge in [0.1, 0.15) is 0 Å². The topological polar surface area (TPSA) is 40.1 Å². The van der Waals surface area contributed by atoms with E-state index in [-0.39, 0.29) is 0 Å². The molecule has 5 nitrogen and oxygen atoms in total. The third-order valence-corrected chi connectivity index (χ3v) is 5.58. The number of hydrogen-bond donors (Lipinski definition) is 1. The highest BCUT2D eigenvalue weighted by Gasteiger charge is 2.20. The summed E-state index contributed by atoms with van der Waals surface area (Å²) in [5.41, 5.74) is 0. The van der Waals surface area contributed by atoms with Crippen molar-refractivity contribution in [2.75, 3.05) is 60.0 Å². The molecule has 0 unspecified atom stereocenters. The van der Waals surface area contributed by atoms with E-state index in [1.807, 2.05) is 7.05 Å². The summed E-state index contributed by atoms with van der Waals surface area (Å²) in [7, 11) is 4.07. The average molecular weight is 339 g/mol. The molecule has 0 aliphatic carbocycles. The van der Waals surface area contributed by atoms with Gasteiger partial charge in [-0.25, -0.2) is 0 Å². The Morgan fingerprint density at radius 1 is 1.17 bits per heavy atom. The molecular weight excluding hydrogens is 300 g/mol. The minimum absolute atomic E-state index is 0.791. The molecule has 0 bridgehead atoms. The number of likely N-dealkylation sites (tertiary alicyclic amines) is 1. The van der Waals surface area contributed by atoms with Gasteiger partial charge in [0.2, 0.25) is 0 Å². The van der Waals surface area contributed by atoms with Crippen LogP contribution in [0.25, 0.3) is 0 Å². The minimum atomic E-state index is 0.791. The lowest BCUT2D eigenvalue weighted by atomic mass is 9.96. The van der Waals surface area contributed by atoms with Gasteiger partial charge in [-0.05, 0) is 70.0 Å². The maximum Gasteiger partial charge on any atom is 0.193 e. The van der Waals surface area contributed by atoms with E-state index in [0.29, 0.717) is 0 Å². The van der Waals surface area contributed by atoms with Crippen LogP contribution >= 0.6 is 0 Å². The molecule has 0 aromatic rings. The summed E-state index contributed by atoms with van der Waals surface area (Å²) in [6.45, 7) is 10.1. The van der Waals surface area contributed by atoms with Gasteiger partial charge in [-0.2, -0.15) is 0 Å². The number of aliphatic imine (C=N–C) groups is 1. The smallest absolute Gasteiger partial charge is 0.193 e. The highest BCUT2D eigenvalue weighted by Crippen LogP contribution is 2.19. The Morgan fingerprint density at radius 2 is 1.88 bits per heavy atom. The first-order valence-electron chi connectivity index (χ1n) is 9.94. The van der Waals surface area contributed by atoms with Crippen LogP contribution in [0, 0.1) is 11.8 Å². The molecule has 140 valence electrons. The van der Waals surface area contributed by atoms with E-state index in [1.54, 1.807) is 0 Å². The second-order valence-corrected chi connectivity index (χ2v) is 7.48. The van der Waals surface area contributed by atoms with Gasteiger partial charge in [-0.1, -0.05) is 6.92 Å². The molecule has 5 heteroatoms. The Bertz CT molecular complexity index is 360. The van der Waals surface area contributed by atoms with Crippen molar-refractivity contribution in [3.05, 3.63) is 0 Å². The first kappa shape index (κ1) is 19.5. The molecule has 0 atom stereocenters. The van der Waals surface area contributed by atoms with Crippen molar-refractivity contribution in [2.45, 2.75) is 45.4 Å². The van der Waals surface area contributed by atoms with Gasteiger partial charge in [0, 0.05) is 40.4 Å². The highest BCUT2D eigenvalue weighted by molar-refractivity contribution is 5.79. The van der Waals surface area contributed by atoms with Crippen molar-refractivity contribution in [2.24, 2.45) is 16.8 Å². The van der Waals surface area contributed by atoms with Gasteiger partial charge in [0.25, 0.3) is 0 Å². The van der Waals surface area contributed by atoms with E-state index in [9.17, 15) is 0 Å². The van der Waals surface area contributed by atoms with Crippen LogP contribution in [0.1, 0.15) is 45.4 Å². The normalized spacial score (nSPS) is 21.9. The zero-order valence-electron chi connectivity index (χ0n) is 16.1.